The molecule has 1 aliphatic carbocycles. The average Bonchev–Trinajstić information content (AvgIpc) is 3.87. The maximum absolute atomic E-state index is 5.04. The number of rotatable bonds is 7. The highest BCUT2D eigenvalue weighted by Gasteiger charge is 2.21. The molecule has 0 aliphatic heterocycles. The summed E-state index contributed by atoms with van der Waals surface area (Å²) in [6, 6.07) is 71.2. The van der Waals surface area contributed by atoms with E-state index in [-0.39, 0.29) is 5.92 Å². The van der Waals surface area contributed by atoms with Gasteiger partial charge in [-0.2, -0.15) is 0 Å². The van der Waals surface area contributed by atoms with Crippen LogP contribution < -0.4 is 0 Å². The monoisotopic (exact) mass is 793 g/mol. The number of benzene rings is 8. The summed E-state index contributed by atoms with van der Waals surface area (Å²) < 4.78 is 4.81. The molecule has 11 aromatic rings. The van der Waals surface area contributed by atoms with Gasteiger partial charge in [-0.3, -0.25) is 0 Å². The molecular formula is C57H39N5. The quantitative estimate of drug-likeness (QED) is 0.161. The van der Waals surface area contributed by atoms with Gasteiger partial charge in [0.15, 0.2) is 11.6 Å². The van der Waals surface area contributed by atoms with Crippen LogP contribution in [-0.2, 0) is 0 Å². The third-order valence-corrected chi connectivity index (χ3v) is 12.3. The first-order chi connectivity index (χ1) is 30.7. The van der Waals surface area contributed by atoms with Crippen LogP contribution in [0.4, 0.5) is 0 Å². The van der Waals surface area contributed by atoms with Crippen molar-refractivity contribution in [3.63, 3.8) is 0 Å². The van der Waals surface area contributed by atoms with E-state index in [1.807, 2.05) is 36.4 Å². The predicted octanol–water partition coefficient (Wildman–Crippen LogP) is 14.3. The summed E-state index contributed by atoms with van der Waals surface area (Å²) in [6.07, 6.45) is 7.60. The molecule has 3 aromatic heterocycles. The molecule has 0 radical (unpaired) electrons. The van der Waals surface area contributed by atoms with E-state index in [1.165, 1.54) is 65.9 Å². The van der Waals surface area contributed by atoms with Crippen LogP contribution >= 0.6 is 0 Å². The summed E-state index contributed by atoms with van der Waals surface area (Å²) in [5.74, 6) is 2.16. The summed E-state index contributed by atoms with van der Waals surface area (Å²) in [7, 11) is 0. The smallest absolute Gasteiger partial charge is 0.163 e. The van der Waals surface area contributed by atoms with Crippen LogP contribution in [-0.4, -0.2) is 24.1 Å². The molecule has 0 saturated heterocycles. The number of fused-ring (bicyclic) bond motifs is 6. The first-order valence-electron chi connectivity index (χ1n) is 21.2. The SMILES string of the molecule is C1=CC(c2nc(-c3ccccc3)nc(-c3ccccc3)n2)CC=C1n1c2ccccc2c2cc(-c3ccc4c5ccccc5n(-c5ccc(-c6ccccc6)cc5)c4c3)ccc21. The van der Waals surface area contributed by atoms with E-state index >= 15 is 0 Å². The summed E-state index contributed by atoms with van der Waals surface area (Å²) in [4.78, 5) is 15.0. The van der Waals surface area contributed by atoms with E-state index in [2.05, 4.69) is 191 Å². The van der Waals surface area contributed by atoms with Crippen molar-refractivity contribution >= 4 is 49.3 Å². The highest BCUT2D eigenvalue weighted by Crippen LogP contribution is 2.40. The highest BCUT2D eigenvalue weighted by molar-refractivity contribution is 6.13. The zero-order valence-corrected chi connectivity index (χ0v) is 33.8. The van der Waals surface area contributed by atoms with Crippen LogP contribution in [0, 0.1) is 0 Å². The van der Waals surface area contributed by atoms with Gasteiger partial charge < -0.3 is 9.13 Å². The van der Waals surface area contributed by atoms with Gasteiger partial charge >= 0.3 is 0 Å². The lowest BCUT2D eigenvalue weighted by Gasteiger charge is -2.18. The Hall–Kier alpha value is -8.15. The van der Waals surface area contributed by atoms with Gasteiger partial charge in [0.25, 0.3) is 0 Å². The summed E-state index contributed by atoms with van der Waals surface area (Å²) in [5.41, 5.74) is 13.8. The van der Waals surface area contributed by atoms with E-state index in [1.54, 1.807) is 0 Å². The lowest BCUT2D eigenvalue weighted by Crippen LogP contribution is -2.09. The molecule has 0 saturated carbocycles. The standard InChI is InChI=1S/C57H39N5/c1-4-14-38(15-5-1)39-24-30-46(31-25-39)62-51-22-12-10-20-47(51)49-34-28-44(37-54(49)62)43-29-35-53-50(36-43)48-21-11-13-23-52(48)61(53)45-32-26-42(27-33-45)57-59-55(40-16-6-2-7-17-40)58-56(60-57)41-18-8-3-9-19-41/h1-26,28-37,42H,27H2. The molecule has 1 atom stereocenters. The van der Waals surface area contributed by atoms with Crippen molar-refractivity contribution in [2.75, 3.05) is 0 Å². The van der Waals surface area contributed by atoms with Crippen molar-refractivity contribution in [3.8, 4) is 50.7 Å². The first kappa shape index (κ1) is 35.8. The summed E-state index contributed by atoms with van der Waals surface area (Å²) >= 11 is 0. The molecule has 12 rings (SSSR count). The van der Waals surface area contributed by atoms with Crippen LogP contribution in [0.5, 0.6) is 0 Å². The van der Waals surface area contributed by atoms with Gasteiger partial charge in [-0.1, -0.05) is 170 Å². The van der Waals surface area contributed by atoms with Crippen LogP contribution in [0.15, 0.2) is 218 Å². The normalized spacial score (nSPS) is 13.9. The molecule has 62 heavy (non-hydrogen) atoms. The van der Waals surface area contributed by atoms with Gasteiger partial charge in [-0.15, -0.1) is 0 Å². The van der Waals surface area contributed by atoms with Gasteiger partial charge in [0.05, 0.1) is 22.1 Å². The fraction of sp³-hybridized carbons (Fsp3) is 0.0351. The Morgan fingerprint density at radius 3 is 1.52 bits per heavy atom. The molecule has 0 fully saturated rings. The van der Waals surface area contributed by atoms with Crippen molar-refractivity contribution in [1.82, 2.24) is 24.1 Å². The van der Waals surface area contributed by atoms with E-state index in [4.69, 9.17) is 15.0 Å². The van der Waals surface area contributed by atoms with Crippen LogP contribution in [0.25, 0.3) is 100 Å². The summed E-state index contributed by atoms with van der Waals surface area (Å²) in [5, 5.41) is 4.95. The fourth-order valence-corrected chi connectivity index (χ4v) is 9.25. The number of hydrogen-bond donors (Lipinski definition) is 0. The predicted molar refractivity (Wildman–Crippen MR) is 256 cm³/mol. The molecule has 0 N–H and O–H groups in total. The van der Waals surface area contributed by atoms with Crippen LogP contribution in [0.2, 0.25) is 0 Å². The Labute approximate surface area is 359 Å². The second-order valence-corrected chi connectivity index (χ2v) is 16.0. The van der Waals surface area contributed by atoms with E-state index < -0.39 is 0 Å². The third kappa shape index (κ3) is 6.13. The Morgan fingerprint density at radius 2 is 0.871 bits per heavy atom. The number of hydrogen-bond acceptors (Lipinski definition) is 3. The average molecular weight is 794 g/mol. The van der Waals surface area contributed by atoms with Gasteiger partial charge in [0.1, 0.15) is 5.82 Å². The minimum absolute atomic E-state index is 0.0127. The number of para-hydroxylation sites is 2. The van der Waals surface area contributed by atoms with Crippen molar-refractivity contribution in [3.05, 3.63) is 224 Å². The second kappa shape index (κ2) is 14.8. The number of nitrogens with zero attached hydrogens (tertiary/aromatic N) is 5. The highest BCUT2D eigenvalue weighted by atomic mass is 15.0. The third-order valence-electron chi connectivity index (χ3n) is 12.3. The maximum Gasteiger partial charge on any atom is 0.163 e. The van der Waals surface area contributed by atoms with Crippen molar-refractivity contribution < 1.29 is 0 Å². The minimum Gasteiger partial charge on any atom is -0.310 e. The molecule has 1 aliphatic rings. The second-order valence-electron chi connectivity index (χ2n) is 16.0. The van der Waals surface area contributed by atoms with E-state index in [9.17, 15) is 0 Å². The largest absolute Gasteiger partial charge is 0.310 e. The van der Waals surface area contributed by atoms with Crippen LogP contribution in [0.1, 0.15) is 18.2 Å². The Balaban J connectivity index is 0.915. The summed E-state index contributed by atoms with van der Waals surface area (Å²) in [6.45, 7) is 0. The number of allylic oxidation sites excluding steroid dienone is 4. The van der Waals surface area contributed by atoms with Crippen molar-refractivity contribution in [2.45, 2.75) is 12.3 Å². The van der Waals surface area contributed by atoms with Crippen molar-refractivity contribution in [1.29, 1.82) is 0 Å². The molecule has 0 bridgehead atoms. The van der Waals surface area contributed by atoms with E-state index in [0.717, 1.165) is 34.8 Å². The van der Waals surface area contributed by atoms with Crippen molar-refractivity contribution in [2.24, 2.45) is 0 Å². The lowest BCUT2D eigenvalue weighted by atomic mass is 9.98. The zero-order valence-electron chi connectivity index (χ0n) is 33.8. The molecule has 292 valence electrons. The first-order valence-corrected chi connectivity index (χ1v) is 21.2. The van der Waals surface area contributed by atoms with Gasteiger partial charge in [0.2, 0.25) is 0 Å². The Bertz CT molecular complexity index is 3470. The van der Waals surface area contributed by atoms with Crippen LogP contribution in [0.3, 0.4) is 0 Å². The molecule has 0 amide bonds. The van der Waals surface area contributed by atoms with Gasteiger partial charge in [0, 0.05) is 50.0 Å². The topological polar surface area (TPSA) is 48.5 Å². The van der Waals surface area contributed by atoms with Gasteiger partial charge in [-0.05, 0) is 77.2 Å². The Kier molecular flexibility index (Phi) is 8.56. The molecule has 8 aromatic carbocycles. The molecule has 1 unspecified atom stereocenters. The molecule has 5 heteroatoms. The zero-order chi connectivity index (χ0) is 41.0. The molecule has 3 heterocycles. The fourth-order valence-electron chi connectivity index (χ4n) is 9.25. The Morgan fingerprint density at radius 1 is 0.371 bits per heavy atom. The minimum atomic E-state index is 0.0127. The maximum atomic E-state index is 5.04. The molecule has 5 nitrogen and oxygen atoms in total. The van der Waals surface area contributed by atoms with E-state index in [0.29, 0.717) is 11.6 Å². The number of aromatic nitrogens is 5. The van der Waals surface area contributed by atoms with Gasteiger partial charge in [-0.25, -0.2) is 15.0 Å². The molecular weight excluding hydrogens is 755 g/mol. The lowest BCUT2D eigenvalue weighted by molar-refractivity contribution is 0.763. The molecule has 0 spiro atoms.